The zero-order valence-corrected chi connectivity index (χ0v) is 34.9. The highest BCUT2D eigenvalue weighted by Crippen LogP contribution is 2.38. The van der Waals surface area contributed by atoms with Crippen molar-refractivity contribution < 1.29 is 27.8 Å². The van der Waals surface area contributed by atoms with E-state index in [0.29, 0.717) is 5.75 Å². The lowest BCUT2D eigenvalue weighted by molar-refractivity contribution is -0.192. The van der Waals surface area contributed by atoms with E-state index in [2.05, 4.69) is 117 Å². The Bertz CT molecular complexity index is 2260. The predicted octanol–water partition coefficient (Wildman–Crippen LogP) is 5.87. The van der Waals surface area contributed by atoms with Gasteiger partial charge >= 0.3 is 6.03 Å². The van der Waals surface area contributed by atoms with E-state index in [1.807, 2.05) is 30.3 Å². The van der Waals surface area contributed by atoms with Crippen LogP contribution in [0.4, 0.5) is 30.6 Å². The van der Waals surface area contributed by atoms with Crippen LogP contribution >= 0.6 is 0 Å². The molecule has 3 aliphatic heterocycles. The van der Waals surface area contributed by atoms with Gasteiger partial charge in [0.1, 0.15) is 61.0 Å². The molecule has 2 fully saturated rings. The highest BCUT2D eigenvalue weighted by atomic mass is 19.1. The van der Waals surface area contributed by atoms with Crippen LogP contribution in [0.15, 0.2) is 115 Å². The molecule has 14 nitrogen and oxygen atoms in total. The number of hydrogen-bond acceptors (Lipinski definition) is 11. The van der Waals surface area contributed by atoms with Gasteiger partial charge in [0.05, 0.1) is 12.6 Å². The van der Waals surface area contributed by atoms with Crippen LogP contribution in [0.5, 0.6) is 5.75 Å². The minimum absolute atomic E-state index is 0.0256. The maximum Gasteiger partial charge on any atom is 0.448 e. The van der Waals surface area contributed by atoms with E-state index in [-0.39, 0.29) is 54.0 Å². The molecule has 61 heavy (non-hydrogen) atoms. The average Bonchev–Trinajstić information content (AvgIpc) is 4.04. The number of hydrogen-bond donors (Lipinski definition) is 2. The Hall–Kier alpha value is -5.78. The summed E-state index contributed by atoms with van der Waals surface area (Å²) >= 11 is 0. The van der Waals surface area contributed by atoms with E-state index < -0.39 is 23.5 Å². The summed E-state index contributed by atoms with van der Waals surface area (Å²) in [6, 6.07) is 29.7. The van der Waals surface area contributed by atoms with Gasteiger partial charge in [0.25, 0.3) is 0 Å². The van der Waals surface area contributed by atoms with Crippen LogP contribution in [0.3, 0.4) is 0 Å². The minimum Gasteiger partial charge on any atom is -0.491 e. The lowest BCUT2D eigenvalue weighted by Crippen LogP contribution is -2.64. The van der Waals surface area contributed by atoms with Crippen molar-refractivity contribution in [3.8, 4) is 5.75 Å². The van der Waals surface area contributed by atoms with E-state index in [1.54, 1.807) is 6.34 Å². The summed E-state index contributed by atoms with van der Waals surface area (Å²) < 4.78 is 48.6. The largest absolute Gasteiger partial charge is 0.491 e. The first kappa shape index (κ1) is 41.9. The zero-order valence-electron chi connectivity index (χ0n) is 34.9. The van der Waals surface area contributed by atoms with Crippen molar-refractivity contribution in [3.05, 3.63) is 132 Å². The van der Waals surface area contributed by atoms with Crippen molar-refractivity contribution in [1.82, 2.24) is 34.9 Å². The molecule has 2 amide bonds. The Kier molecular flexibility index (Phi) is 12.4. The van der Waals surface area contributed by atoms with Crippen molar-refractivity contribution in [2.45, 2.75) is 50.4 Å². The number of quaternary nitrogens is 1. The van der Waals surface area contributed by atoms with Crippen LogP contribution in [0.1, 0.15) is 31.0 Å². The molecule has 320 valence electrons. The van der Waals surface area contributed by atoms with Gasteiger partial charge < -0.3 is 34.2 Å². The van der Waals surface area contributed by atoms with Gasteiger partial charge in [0.15, 0.2) is 0 Å². The molecular formula is C45H53F2N10O4+. The molecule has 5 aromatic rings. The molecule has 2 saturated heterocycles. The van der Waals surface area contributed by atoms with Crippen LogP contribution in [0.25, 0.3) is 0 Å². The molecule has 0 spiro atoms. The molecule has 1 aromatic heterocycles. The van der Waals surface area contributed by atoms with Crippen molar-refractivity contribution >= 4 is 29.4 Å². The predicted molar refractivity (Wildman–Crippen MR) is 230 cm³/mol. The summed E-state index contributed by atoms with van der Waals surface area (Å²) in [7, 11) is 4.14. The molecule has 0 saturated carbocycles. The van der Waals surface area contributed by atoms with E-state index in [4.69, 9.17) is 14.2 Å². The molecule has 0 aliphatic carbocycles. The van der Waals surface area contributed by atoms with Crippen LogP contribution in [-0.4, -0.2) is 110 Å². The van der Waals surface area contributed by atoms with Crippen LogP contribution in [0.2, 0.25) is 0 Å². The number of ether oxygens (including phenoxy) is 3. The lowest BCUT2D eigenvalue weighted by Gasteiger charge is -2.39. The Balaban J connectivity index is 0.859. The molecule has 0 radical (unpaired) electrons. The first-order valence-corrected chi connectivity index (χ1v) is 20.6. The minimum atomic E-state index is -1.52. The Labute approximate surface area is 354 Å². The fraction of sp³-hybridized carbons (Fsp3) is 0.378. The topological polar surface area (TPSA) is 122 Å². The van der Waals surface area contributed by atoms with Crippen molar-refractivity contribution in [1.29, 1.82) is 0 Å². The SMILES string of the molecule is C[C@H](NC(CN(C)C)c1ccccc1)[C@@H](C)[N@@+]1(c2ccc(N3CCN(c4ccc(OC[C@@H]5CO[C@@](Cn6cncn6)(c6ccc(F)cc6F)O5)cc4)CC3)cc2)C=NNC1=O. The van der Waals surface area contributed by atoms with Crippen LogP contribution < -0.4 is 29.8 Å². The molecule has 1 unspecified atom stereocenters. The first-order chi connectivity index (χ1) is 29.5. The van der Waals surface area contributed by atoms with E-state index >= 15 is 0 Å². The summed E-state index contributed by atoms with van der Waals surface area (Å²) in [6.45, 7) is 8.69. The van der Waals surface area contributed by atoms with Gasteiger partial charge in [-0.3, -0.25) is 0 Å². The van der Waals surface area contributed by atoms with Crippen molar-refractivity contribution in [2.24, 2.45) is 5.10 Å². The van der Waals surface area contributed by atoms with Gasteiger partial charge in [-0.1, -0.05) is 30.3 Å². The second-order valence-corrected chi connectivity index (χ2v) is 16.2. The monoisotopic (exact) mass is 835 g/mol. The Morgan fingerprint density at radius 2 is 1.64 bits per heavy atom. The van der Waals surface area contributed by atoms with Crippen LogP contribution in [0, 0.1) is 11.6 Å². The summed E-state index contributed by atoms with van der Waals surface area (Å²) in [5.41, 5.74) is 7.03. The standard InChI is InChI=1S/C45H52F2N10O4/c1-32(51-43(25-53(3)4)34-8-6-5-7-9-34)33(2)57(31-49-52-44(57)58)38-15-11-36(12-16-38)54-20-22-55(23-21-54)37-13-17-39(18-14-37)59-26-40-27-60-45(61-40,28-56-30-48-29-50-56)41-19-10-35(46)24-42(41)47/h5-19,24,29-33,40,43,51H,20-23,25-28H2,1-4H3/p+1/t32-,33+,40+,43?,45+,57+/m0/s1. The summed E-state index contributed by atoms with van der Waals surface area (Å²) in [5, 5.41) is 12.2. The third kappa shape index (κ3) is 8.99. The number of urea groups is 1. The maximum absolute atomic E-state index is 15.0. The number of piperazine rings is 1. The number of rotatable bonds is 16. The molecule has 4 heterocycles. The van der Waals surface area contributed by atoms with Gasteiger partial charge in [-0.05, 0) is 82.0 Å². The number of aromatic nitrogens is 3. The van der Waals surface area contributed by atoms with Gasteiger partial charge in [-0.2, -0.15) is 15.0 Å². The first-order valence-electron chi connectivity index (χ1n) is 20.6. The third-order valence-corrected chi connectivity index (χ3v) is 11.9. The molecule has 6 atom stereocenters. The van der Waals surface area contributed by atoms with Gasteiger partial charge in [-0.25, -0.2) is 23.2 Å². The molecule has 3 aliphatic rings. The molecule has 16 heteroatoms. The highest BCUT2D eigenvalue weighted by molar-refractivity contribution is 6.05. The number of benzene rings is 4. The molecule has 2 N–H and O–H groups in total. The average molecular weight is 836 g/mol. The second-order valence-electron chi connectivity index (χ2n) is 16.2. The van der Waals surface area contributed by atoms with Crippen molar-refractivity contribution in [3.63, 3.8) is 0 Å². The molecular weight excluding hydrogens is 783 g/mol. The smallest absolute Gasteiger partial charge is 0.448 e. The molecule has 4 aromatic carbocycles. The van der Waals surface area contributed by atoms with Crippen molar-refractivity contribution in [2.75, 3.05) is 69.8 Å². The Morgan fingerprint density at radius 1 is 0.951 bits per heavy atom. The number of nitrogens with one attached hydrogen (secondary N) is 2. The number of amides is 2. The second kappa shape index (κ2) is 18.1. The van der Waals surface area contributed by atoms with Gasteiger partial charge in [0, 0.05) is 73.9 Å². The summed E-state index contributed by atoms with van der Waals surface area (Å²) in [4.78, 5) is 24.5. The zero-order chi connectivity index (χ0) is 42.6. The normalized spacial score (nSPS) is 23.0. The fourth-order valence-electron chi connectivity index (χ4n) is 8.49. The van der Waals surface area contributed by atoms with Gasteiger partial charge in [0.2, 0.25) is 12.1 Å². The molecule has 0 bridgehead atoms. The maximum atomic E-state index is 15.0. The van der Waals surface area contributed by atoms with Gasteiger partial charge in [-0.15, -0.1) is 5.10 Å². The van der Waals surface area contributed by atoms with E-state index in [0.717, 1.165) is 55.9 Å². The molecule has 8 rings (SSSR count). The highest BCUT2D eigenvalue weighted by Gasteiger charge is 2.50. The van der Waals surface area contributed by atoms with E-state index in [9.17, 15) is 13.6 Å². The van der Waals surface area contributed by atoms with Crippen LogP contribution in [-0.2, 0) is 21.8 Å². The Morgan fingerprint density at radius 3 is 2.25 bits per heavy atom. The quantitative estimate of drug-likeness (QED) is 0.117. The number of carbonyl (C=O) groups is 1. The number of nitrogens with zero attached hydrogens (tertiary/aromatic N) is 8. The third-order valence-electron chi connectivity index (χ3n) is 11.9. The summed E-state index contributed by atoms with van der Waals surface area (Å²) in [6.07, 6.45) is 4.06. The number of anilines is 2. The lowest BCUT2D eigenvalue weighted by atomic mass is 10.0. The number of likely N-dealkylation sites (N-methyl/N-ethyl adjacent to an activating group) is 1. The number of hydrazone groups is 1. The summed E-state index contributed by atoms with van der Waals surface area (Å²) in [5.74, 6) is -2.33. The number of carbonyl (C=O) groups excluding carboxylic acids is 1. The number of halogens is 2. The fourth-order valence-corrected chi connectivity index (χ4v) is 8.49. The van der Waals surface area contributed by atoms with E-state index in [1.165, 1.54) is 35.0 Å².